The highest BCUT2D eigenvalue weighted by Gasteiger charge is 2.25. The zero-order chi connectivity index (χ0) is 14.4. The van der Waals surface area contributed by atoms with E-state index in [1.54, 1.807) is 0 Å². The molecule has 2 N–H and O–H groups in total. The van der Waals surface area contributed by atoms with Crippen LogP contribution in [0.15, 0.2) is 42.5 Å². The number of hydrogen-bond donors (Lipinski definition) is 2. The zero-order valence-corrected chi connectivity index (χ0v) is 12.7. The lowest BCUT2D eigenvalue weighted by Crippen LogP contribution is -2.30. The summed E-state index contributed by atoms with van der Waals surface area (Å²) in [4.78, 5) is 3.61. The number of rotatable bonds is 1. The van der Waals surface area contributed by atoms with Crippen LogP contribution in [-0.2, 0) is 6.42 Å². The summed E-state index contributed by atoms with van der Waals surface area (Å²) in [7, 11) is 0. The first-order valence-electron chi connectivity index (χ1n) is 7.32. The van der Waals surface area contributed by atoms with E-state index in [9.17, 15) is 0 Å². The van der Waals surface area contributed by atoms with Gasteiger partial charge in [0.15, 0.2) is 0 Å². The van der Waals surface area contributed by atoms with Gasteiger partial charge in [-0.1, -0.05) is 35.4 Å². The standard InChI is InChI=1S/C18H17ClN2/c1-11-5-6-16-15(9-11)14-7-8-20-17(18(14)21-16)12-3-2-4-13(19)10-12/h2-6,9-10,17,20-21H,7-8H2,1H3. The fourth-order valence-corrected chi connectivity index (χ4v) is 3.51. The van der Waals surface area contributed by atoms with Crippen LogP contribution in [0.25, 0.3) is 10.9 Å². The highest BCUT2D eigenvalue weighted by molar-refractivity contribution is 6.30. The summed E-state index contributed by atoms with van der Waals surface area (Å²) in [5.41, 5.74) is 6.47. The molecular formula is C18H17ClN2. The van der Waals surface area contributed by atoms with E-state index >= 15 is 0 Å². The fourth-order valence-electron chi connectivity index (χ4n) is 3.31. The molecule has 0 aliphatic carbocycles. The van der Waals surface area contributed by atoms with E-state index in [2.05, 4.69) is 41.5 Å². The van der Waals surface area contributed by atoms with Crippen molar-refractivity contribution in [1.29, 1.82) is 0 Å². The monoisotopic (exact) mass is 296 g/mol. The number of aromatic amines is 1. The summed E-state index contributed by atoms with van der Waals surface area (Å²) in [6.45, 7) is 3.14. The number of aryl methyl sites for hydroxylation is 1. The van der Waals surface area contributed by atoms with E-state index < -0.39 is 0 Å². The molecule has 0 bridgehead atoms. The van der Waals surface area contributed by atoms with Gasteiger partial charge in [-0.3, -0.25) is 0 Å². The lowest BCUT2D eigenvalue weighted by molar-refractivity contribution is 0.560. The molecule has 0 spiro atoms. The van der Waals surface area contributed by atoms with Crippen molar-refractivity contribution in [2.45, 2.75) is 19.4 Å². The van der Waals surface area contributed by atoms with Crippen molar-refractivity contribution in [3.63, 3.8) is 0 Å². The molecule has 106 valence electrons. The molecule has 1 atom stereocenters. The van der Waals surface area contributed by atoms with E-state index in [1.165, 1.54) is 33.3 Å². The average Bonchev–Trinajstić information content (AvgIpc) is 2.85. The normalized spacial score (nSPS) is 17.9. The Balaban J connectivity index is 1.90. The summed E-state index contributed by atoms with van der Waals surface area (Å²) in [5.74, 6) is 0. The van der Waals surface area contributed by atoms with E-state index in [-0.39, 0.29) is 6.04 Å². The van der Waals surface area contributed by atoms with Crippen LogP contribution >= 0.6 is 11.6 Å². The van der Waals surface area contributed by atoms with Crippen LogP contribution in [-0.4, -0.2) is 11.5 Å². The van der Waals surface area contributed by atoms with Crippen LogP contribution < -0.4 is 5.32 Å². The Hall–Kier alpha value is -1.77. The van der Waals surface area contributed by atoms with Crippen LogP contribution in [0.4, 0.5) is 0 Å². The summed E-state index contributed by atoms with van der Waals surface area (Å²) < 4.78 is 0. The first kappa shape index (κ1) is 12.9. The quantitative estimate of drug-likeness (QED) is 0.686. The molecule has 21 heavy (non-hydrogen) atoms. The maximum atomic E-state index is 6.15. The van der Waals surface area contributed by atoms with Crippen molar-refractivity contribution in [1.82, 2.24) is 10.3 Å². The first-order valence-corrected chi connectivity index (χ1v) is 7.70. The van der Waals surface area contributed by atoms with Gasteiger partial charge < -0.3 is 10.3 Å². The molecule has 0 saturated heterocycles. The van der Waals surface area contributed by atoms with E-state index in [4.69, 9.17) is 11.6 Å². The van der Waals surface area contributed by atoms with Gasteiger partial charge in [0, 0.05) is 28.2 Å². The van der Waals surface area contributed by atoms with Gasteiger partial charge in [0.05, 0.1) is 6.04 Å². The molecule has 2 aromatic carbocycles. The Kier molecular flexibility index (Phi) is 3.02. The Morgan fingerprint density at radius 1 is 1.14 bits per heavy atom. The number of halogens is 1. The number of benzene rings is 2. The van der Waals surface area contributed by atoms with Gasteiger partial charge in [0.25, 0.3) is 0 Å². The van der Waals surface area contributed by atoms with Crippen molar-refractivity contribution >= 4 is 22.5 Å². The molecule has 2 heterocycles. The van der Waals surface area contributed by atoms with Gasteiger partial charge in [-0.05, 0) is 48.7 Å². The Morgan fingerprint density at radius 2 is 2.05 bits per heavy atom. The van der Waals surface area contributed by atoms with Gasteiger partial charge in [-0.25, -0.2) is 0 Å². The second kappa shape index (κ2) is 4.90. The second-order valence-electron chi connectivity index (χ2n) is 5.76. The third kappa shape index (κ3) is 2.15. The predicted octanol–water partition coefficient (Wildman–Crippen LogP) is 4.36. The minimum atomic E-state index is 0.195. The number of fused-ring (bicyclic) bond motifs is 3. The maximum Gasteiger partial charge on any atom is 0.0732 e. The fraction of sp³-hybridized carbons (Fsp3) is 0.222. The summed E-state index contributed by atoms with van der Waals surface area (Å²) in [5, 5.41) is 5.75. The summed E-state index contributed by atoms with van der Waals surface area (Å²) >= 11 is 6.15. The van der Waals surface area contributed by atoms with E-state index in [0.29, 0.717) is 0 Å². The van der Waals surface area contributed by atoms with Crippen LogP contribution in [0.1, 0.15) is 28.4 Å². The number of H-pyrrole nitrogens is 1. The molecule has 2 nitrogen and oxygen atoms in total. The SMILES string of the molecule is Cc1ccc2[nH]c3c(c2c1)CCNC3c1cccc(Cl)c1. The molecule has 0 amide bonds. The van der Waals surface area contributed by atoms with Crippen LogP contribution in [0, 0.1) is 6.92 Å². The van der Waals surface area contributed by atoms with E-state index in [0.717, 1.165) is 18.0 Å². The zero-order valence-electron chi connectivity index (χ0n) is 11.9. The Labute approximate surface area is 129 Å². The number of hydrogen-bond acceptors (Lipinski definition) is 1. The molecule has 0 radical (unpaired) electrons. The van der Waals surface area contributed by atoms with Gasteiger partial charge >= 0.3 is 0 Å². The van der Waals surface area contributed by atoms with Crippen LogP contribution in [0.2, 0.25) is 5.02 Å². The minimum absolute atomic E-state index is 0.195. The summed E-state index contributed by atoms with van der Waals surface area (Å²) in [6.07, 6.45) is 1.07. The molecule has 0 saturated carbocycles. The van der Waals surface area contributed by atoms with Crippen LogP contribution in [0.3, 0.4) is 0 Å². The minimum Gasteiger partial charge on any atom is -0.357 e. The topological polar surface area (TPSA) is 27.8 Å². The van der Waals surface area contributed by atoms with E-state index in [1.807, 2.05) is 18.2 Å². The molecule has 1 aromatic heterocycles. The Bertz CT molecular complexity index is 819. The molecule has 0 fully saturated rings. The van der Waals surface area contributed by atoms with Gasteiger partial charge in [0.1, 0.15) is 0 Å². The largest absolute Gasteiger partial charge is 0.357 e. The lowest BCUT2D eigenvalue weighted by atomic mass is 9.94. The molecule has 1 unspecified atom stereocenters. The molecule has 3 aromatic rings. The highest BCUT2D eigenvalue weighted by Crippen LogP contribution is 2.34. The van der Waals surface area contributed by atoms with Crippen molar-refractivity contribution in [2.75, 3.05) is 6.54 Å². The van der Waals surface area contributed by atoms with Gasteiger partial charge in [0.2, 0.25) is 0 Å². The second-order valence-corrected chi connectivity index (χ2v) is 6.19. The maximum absolute atomic E-state index is 6.15. The Morgan fingerprint density at radius 3 is 2.90 bits per heavy atom. The van der Waals surface area contributed by atoms with Crippen molar-refractivity contribution in [2.24, 2.45) is 0 Å². The molecule has 3 heteroatoms. The first-order chi connectivity index (χ1) is 10.2. The smallest absolute Gasteiger partial charge is 0.0732 e. The van der Waals surface area contributed by atoms with Crippen molar-refractivity contribution < 1.29 is 0 Å². The molecule has 4 rings (SSSR count). The molecule has 1 aliphatic heterocycles. The third-order valence-corrected chi connectivity index (χ3v) is 4.52. The van der Waals surface area contributed by atoms with Crippen molar-refractivity contribution in [3.8, 4) is 0 Å². The van der Waals surface area contributed by atoms with Crippen LogP contribution in [0.5, 0.6) is 0 Å². The average molecular weight is 297 g/mol. The number of nitrogens with one attached hydrogen (secondary N) is 2. The third-order valence-electron chi connectivity index (χ3n) is 4.29. The lowest BCUT2D eigenvalue weighted by Gasteiger charge is -2.25. The predicted molar refractivity (Wildman–Crippen MR) is 88.0 cm³/mol. The molecular weight excluding hydrogens is 280 g/mol. The van der Waals surface area contributed by atoms with Gasteiger partial charge in [-0.15, -0.1) is 0 Å². The van der Waals surface area contributed by atoms with Gasteiger partial charge in [-0.2, -0.15) is 0 Å². The van der Waals surface area contributed by atoms with Crippen molar-refractivity contribution in [3.05, 3.63) is 69.9 Å². The number of aromatic nitrogens is 1. The molecule has 1 aliphatic rings. The highest BCUT2D eigenvalue weighted by atomic mass is 35.5. The summed E-state index contributed by atoms with van der Waals surface area (Å²) in [6, 6.07) is 14.9.